The lowest BCUT2D eigenvalue weighted by Crippen LogP contribution is -2.54. The minimum Gasteiger partial charge on any atom is -0.414 e. The molecule has 4 rings (SSSR count). The third-order valence-corrected chi connectivity index (χ3v) is 14.7. The maximum atomic E-state index is 13.4. The van der Waals surface area contributed by atoms with E-state index >= 15 is 0 Å². The summed E-state index contributed by atoms with van der Waals surface area (Å²) in [4.78, 5) is 13.4. The van der Waals surface area contributed by atoms with Crippen LogP contribution in [0.25, 0.3) is 0 Å². The monoisotopic (exact) mass is 418 g/mol. The first-order valence-electron chi connectivity index (χ1n) is 11.9. The summed E-state index contributed by atoms with van der Waals surface area (Å²) in [6, 6.07) is 0. The van der Waals surface area contributed by atoms with Gasteiger partial charge in [0.25, 0.3) is 0 Å². The van der Waals surface area contributed by atoms with Crippen LogP contribution in [-0.2, 0) is 9.22 Å². The lowest BCUT2D eigenvalue weighted by Gasteiger charge is -2.57. The highest BCUT2D eigenvalue weighted by molar-refractivity contribution is 6.74. The van der Waals surface area contributed by atoms with Crippen LogP contribution in [0, 0.1) is 28.6 Å². The molecule has 1 N–H and O–H groups in total. The van der Waals surface area contributed by atoms with E-state index in [4.69, 9.17) is 4.43 Å². The van der Waals surface area contributed by atoms with Gasteiger partial charge in [-0.3, -0.25) is 4.79 Å². The third kappa shape index (κ3) is 3.24. The standard InChI is InChI=1S/C25H42O3Si/c1-23(2,3)29(6,7)28-17-10-12-24(4)16(14-17)15-20(26)22-18-8-9-21(27)25(18,5)13-11-19(22)24/h15,17-19,21-22,27H,8-14H2,1-7H3/t17-,18-,19-,21-,22-,24-,25-/m0/s1. The van der Waals surface area contributed by atoms with E-state index in [1.165, 1.54) is 5.57 Å². The number of hydrogen-bond donors (Lipinski definition) is 1. The van der Waals surface area contributed by atoms with Gasteiger partial charge in [0, 0.05) is 12.0 Å². The van der Waals surface area contributed by atoms with Gasteiger partial charge in [-0.05, 0) is 91.8 Å². The number of aliphatic hydroxyl groups excluding tert-OH is 1. The largest absolute Gasteiger partial charge is 0.414 e. The van der Waals surface area contributed by atoms with Crippen molar-refractivity contribution in [1.29, 1.82) is 0 Å². The van der Waals surface area contributed by atoms with Crippen molar-refractivity contribution >= 4 is 14.1 Å². The molecule has 0 unspecified atom stereocenters. The second kappa shape index (κ2) is 6.77. The average molecular weight is 419 g/mol. The zero-order valence-electron chi connectivity index (χ0n) is 19.7. The molecule has 0 radical (unpaired) electrons. The van der Waals surface area contributed by atoms with Gasteiger partial charge < -0.3 is 9.53 Å². The molecule has 0 aromatic heterocycles. The molecule has 0 aromatic rings. The van der Waals surface area contributed by atoms with Crippen LogP contribution in [0.5, 0.6) is 0 Å². The Morgan fingerprint density at radius 1 is 1.07 bits per heavy atom. The van der Waals surface area contributed by atoms with E-state index in [2.05, 4.69) is 47.7 Å². The Balaban J connectivity index is 1.59. The quantitative estimate of drug-likeness (QED) is 0.570. The number of hydrogen-bond acceptors (Lipinski definition) is 3. The van der Waals surface area contributed by atoms with Gasteiger partial charge in [-0.2, -0.15) is 0 Å². The molecule has 0 saturated heterocycles. The molecule has 0 spiro atoms. The molecule has 4 aliphatic carbocycles. The molecule has 29 heavy (non-hydrogen) atoms. The van der Waals surface area contributed by atoms with Crippen LogP contribution in [0.4, 0.5) is 0 Å². The maximum absolute atomic E-state index is 13.4. The second-order valence-electron chi connectivity index (χ2n) is 12.6. The molecule has 4 heteroatoms. The van der Waals surface area contributed by atoms with Crippen LogP contribution in [0.2, 0.25) is 18.1 Å². The highest BCUT2D eigenvalue weighted by Crippen LogP contribution is 2.64. The van der Waals surface area contributed by atoms with Crippen molar-refractivity contribution in [2.45, 2.75) is 110 Å². The summed E-state index contributed by atoms with van der Waals surface area (Å²) in [6.45, 7) is 16.2. The van der Waals surface area contributed by atoms with Gasteiger partial charge in [-0.15, -0.1) is 0 Å². The first-order chi connectivity index (χ1) is 13.3. The van der Waals surface area contributed by atoms with Gasteiger partial charge in [0.15, 0.2) is 14.1 Å². The van der Waals surface area contributed by atoms with Gasteiger partial charge in [0.2, 0.25) is 0 Å². The van der Waals surface area contributed by atoms with Gasteiger partial charge in [-0.25, -0.2) is 0 Å². The summed E-state index contributed by atoms with van der Waals surface area (Å²) in [7, 11) is -1.80. The van der Waals surface area contributed by atoms with E-state index in [1.807, 2.05) is 6.08 Å². The summed E-state index contributed by atoms with van der Waals surface area (Å²) in [6.07, 6.45) is 9.29. The first kappa shape index (κ1) is 21.8. The van der Waals surface area contributed by atoms with Gasteiger partial charge >= 0.3 is 0 Å². The van der Waals surface area contributed by atoms with E-state index in [0.29, 0.717) is 17.6 Å². The summed E-state index contributed by atoms with van der Waals surface area (Å²) in [5, 5.41) is 10.8. The highest BCUT2D eigenvalue weighted by Gasteiger charge is 2.61. The molecule has 0 aliphatic heterocycles. The van der Waals surface area contributed by atoms with Crippen molar-refractivity contribution in [3.63, 3.8) is 0 Å². The van der Waals surface area contributed by atoms with Crippen LogP contribution in [0.1, 0.15) is 79.6 Å². The van der Waals surface area contributed by atoms with Crippen LogP contribution in [0.3, 0.4) is 0 Å². The second-order valence-corrected chi connectivity index (χ2v) is 17.4. The fourth-order valence-corrected chi connectivity index (χ4v) is 8.42. The smallest absolute Gasteiger partial charge is 0.192 e. The molecule has 0 bridgehead atoms. The molecule has 3 nitrogen and oxygen atoms in total. The average Bonchev–Trinajstić information content (AvgIpc) is 2.90. The molecule has 3 fully saturated rings. The van der Waals surface area contributed by atoms with Crippen molar-refractivity contribution in [1.82, 2.24) is 0 Å². The van der Waals surface area contributed by atoms with Gasteiger partial charge in [0.05, 0.1) is 6.10 Å². The minimum absolute atomic E-state index is 0.0544. The van der Waals surface area contributed by atoms with E-state index in [1.54, 1.807) is 0 Å². The number of carbonyl (C=O) groups excluding carboxylic acids is 1. The van der Waals surface area contributed by atoms with Gasteiger partial charge in [-0.1, -0.05) is 40.2 Å². The van der Waals surface area contributed by atoms with Crippen molar-refractivity contribution < 1.29 is 14.3 Å². The van der Waals surface area contributed by atoms with E-state index in [-0.39, 0.29) is 34.0 Å². The molecule has 0 aromatic carbocycles. The lowest BCUT2D eigenvalue weighted by atomic mass is 9.47. The highest BCUT2D eigenvalue weighted by atomic mass is 28.4. The third-order valence-electron chi connectivity index (χ3n) is 10.1. The number of fused-ring (bicyclic) bond motifs is 5. The Kier molecular flexibility index (Phi) is 5.08. The molecule has 0 amide bonds. The Labute approximate surface area is 178 Å². The van der Waals surface area contributed by atoms with Crippen molar-refractivity contribution in [3.05, 3.63) is 11.6 Å². The Bertz CT molecular complexity index is 720. The van der Waals surface area contributed by atoms with E-state index in [9.17, 15) is 9.90 Å². The minimum atomic E-state index is -1.80. The summed E-state index contributed by atoms with van der Waals surface area (Å²) >= 11 is 0. The molecular formula is C25H42O3Si. The van der Waals surface area contributed by atoms with Crippen molar-refractivity contribution in [2.75, 3.05) is 0 Å². The first-order valence-corrected chi connectivity index (χ1v) is 14.8. The summed E-state index contributed by atoms with van der Waals surface area (Å²) in [5.41, 5.74) is 1.45. The van der Waals surface area contributed by atoms with E-state index < -0.39 is 8.32 Å². The van der Waals surface area contributed by atoms with Crippen LogP contribution in [-0.4, -0.2) is 31.4 Å². The van der Waals surface area contributed by atoms with Crippen molar-refractivity contribution in [3.8, 4) is 0 Å². The SMILES string of the molecule is CC(C)(C)[Si](C)(C)O[C@H]1CC[C@@]2(C)C(=CC(=O)[C@H]3[C@@H]4CC[C@H](O)[C@@]4(C)CC[C@@H]32)C1. The summed E-state index contributed by atoms with van der Waals surface area (Å²) in [5.74, 6) is 1.28. The Morgan fingerprint density at radius 2 is 1.76 bits per heavy atom. The van der Waals surface area contributed by atoms with Gasteiger partial charge in [0.1, 0.15) is 0 Å². The molecular weight excluding hydrogens is 376 g/mol. The maximum Gasteiger partial charge on any atom is 0.192 e. The van der Waals surface area contributed by atoms with Crippen LogP contribution >= 0.6 is 0 Å². The summed E-state index contributed by atoms with van der Waals surface area (Å²) < 4.78 is 6.76. The number of rotatable bonds is 2. The zero-order chi connectivity index (χ0) is 21.4. The number of carbonyl (C=O) groups is 1. The fourth-order valence-electron chi connectivity index (χ4n) is 7.03. The number of allylic oxidation sites excluding steroid dienone is 1. The van der Waals surface area contributed by atoms with Crippen LogP contribution < -0.4 is 0 Å². The lowest BCUT2D eigenvalue weighted by molar-refractivity contribution is -0.136. The number of aliphatic hydroxyl groups is 1. The topological polar surface area (TPSA) is 46.5 Å². The Morgan fingerprint density at radius 3 is 2.41 bits per heavy atom. The molecule has 7 atom stereocenters. The molecule has 164 valence electrons. The number of ketones is 1. The normalized spacial score (nSPS) is 45.3. The van der Waals surface area contributed by atoms with E-state index in [0.717, 1.165) is 44.9 Å². The molecule has 3 saturated carbocycles. The van der Waals surface area contributed by atoms with Crippen LogP contribution in [0.15, 0.2) is 11.6 Å². The molecule has 0 heterocycles. The van der Waals surface area contributed by atoms with Crippen molar-refractivity contribution in [2.24, 2.45) is 28.6 Å². The fraction of sp³-hybridized carbons (Fsp3) is 0.880. The Hall–Kier alpha value is -0.453. The molecule has 4 aliphatic rings. The predicted octanol–water partition coefficient (Wildman–Crippen LogP) is 5.88. The zero-order valence-corrected chi connectivity index (χ0v) is 20.7. The predicted molar refractivity (Wildman–Crippen MR) is 120 cm³/mol.